The van der Waals surface area contributed by atoms with Crippen molar-refractivity contribution in [2.75, 3.05) is 7.11 Å². The van der Waals surface area contributed by atoms with Gasteiger partial charge >= 0.3 is 5.97 Å². The van der Waals surface area contributed by atoms with E-state index in [0.717, 1.165) is 25.7 Å². The van der Waals surface area contributed by atoms with Crippen LogP contribution in [0, 0.1) is 5.92 Å². The van der Waals surface area contributed by atoms with Crippen molar-refractivity contribution in [2.24, 2.45) is 5.92 Å². The molecule has 1 aliphatic carbocycles. The smallest absolute Gasteiger partial charge is 0.305 e. The van der Waals surface area contributed by atoms with Gasteiger partial charge in [-0.25, -0.2) is 0 Å². The molecule has 0 bridgehead atoms. The highest BCUT2D eigenvalue weighted by atomic mass is 16.5. The molecule has 0 aromatic carbocycles. The van der Waals surface area contributed by atoms with Crippen LogP contribution in [0.25, 0.3) is 0 Å². The number of ether oxygens (including phenoxy) is 1. The second-order valence-electron chi connectivity index (χ2n) is 4.12. The van der Waals surface area contributed by atoms with Crippen molar-refractivity contribution < 1.29 is 14.6 Å². The first-order valence-corrected chi connectivity index (χ1v) is 5.80. The number of aliphatic hydroxyl groups excluding tert-OH is 1. The minimum Gasteiger partial charge on any atom is -0.469 e. The van der Waals surface area contributed by atoms with Gasteiger partial charge in [-0.3, -0.25) is 4.79 Å². The van der Waals surface area contributed by atoms with Gasteiger partial charge in [0.1, 0.15) is 0 Å². The number of unbranched alkanes of at least 4 members (excludes halogenated alkanes) is 1. The third kappa shape index (κ3) is 5.12. The summed E-state index contributed by atoms with van der Waals surface area (Å²) in [4.78, 5) is 10.8. The molecule has 1 aliphatic rings. The lowest BCUT2D eigenvalue weighted by molar-refractivity contribution is -0.140. The molecule has 0 aliphatic heterocycles. The molecular weight excluding hydrogens is 204 g/mol. The molecule has 3 nitrogen and oxygen atoms in total. The first-order valence-electron chi connectivity index (χ1n) is 5.80. The van der Waals surface area contributed by atoms with Crippen LogP contribution in [-0.4, -0.2) is 24.3 Å². The number of rotatable bonds is 6. The molecule has 0 unspecified atom stereocenters. The van der Waals surface area contributed by atoms with Crippen molar-refractivity contribution >= 4 is 5.97 Å². The summed E-state index contributed by atoms with van der Waals surface area (Å²) in [5.41, 5.74) is 0. The van der Waals surface area contributed by atoms with E-state index in [1.807, 2.05) is 6.08 Å². The molecule has 3 heteroatoms. The van der Waals surface area contributed by atoms with E-state index in [2.05, 4.69) is 23.0 Å². The second kappa shape index (κ2) is 7.23. The first kappa shape index (κ1) is 13.0. The Labute approximate surface area is 96.8 Å². The van der Waals surface area contributed by atoms with Gasteiger partial charge in [-0.15, -0.1) is 0 Å². The number of esters is 1. The average Bonchev–Trinajstić information content (AvgIpc) is 2.69. The maximum Gasteiger partial charge on any atom is 0.305 e. The van der Waals surface area contributed by atoms with Gasteiger partial charge in [0.15, 0.2) is 0 Å². The largest absolute Gasteiger partial charge is 0.469 e. The molecule has 0 aromatic rings. The van der Waals surface area contributed by atoms with E-state index < -0.39 is 0 Å². The lowest BCUT2D eigenvalue weighted by atomic mass is 10.0. The second-order valence-corrected chi connectivity index (χ2v) is 4.12. The highest BCUT2D eigenvalue weighted by Crippen LogP contribution is 2.21. The molecule has 0 spiro atoms. The predicted octanol–water partition coefficient (Wildman–Crippen LogP) is 2.21. The fourth-order valence-electron chi connectivity index (χ4n) is 1.78. The zero-order valence-electron chi connectivity index (χ0n) is 9.76. The van der Waals surface area contributed by atoms with Crippen molar-refractivity contribution in [3.05, 3.63) is 24.3 Å². The van der Waals surface area contributed by atoms with E-state index in [9.17, 15) is 9.90 Å². The predicted molar refractivity (Wildman–Crippen MR) is 62.9 cm³/mol. The molecular formula is C13H20O3. The van der Waals surface area contributed by atoms with Crippen LogP contribution in [0.15, 0.2) is 24.3 Å². The molecule has 0 aromatic heterocycles. The zero-order chi connectivity index (χ0) is 11.8. The molecule has 16 heavy (non-hydrogen) atoms. The Hall–Kier alpha value is -1.09. The fraction of sp³-hybridized carbons (Fsp3) is 0.615. The zero-order valence-corrected chi connectivity index (χ0v) is 9.76. The monoisotopic (exact) mass is 224 g/mol. The average molecular weight is 224 g/mol. The lowest BCUT2D eigenvalue weighted by Gasteiger charge is -2.04. The normalized spacial score (nSPS) is 24.1. The van der Waals surface area contributed by atoms with Crippen LogP contribution in [0.2, 0.25) is 0 Å². The Kier molecular flexibility index (Phi) is 5.86. The number of aliphatic hydroxyl groups is 1. The van der Waals surface area contributed by atoms with Crippen LogP contribution in [0.1, 0.15) is 32.1 Å². The highest BCUT2D eigenvalue weighted by Gasteiger charge is 2.14. The number of allylic oxidation sites excluding steroid dienone is 3. The van der Waals surface area contributed by atoms with E-state index in [4.69, 9.17) is 0 Å². The summed E-state index contributed by atoms with van der Waals surface area (Å²) < 4.78 is 4.55. The maximum absolute atomic E-state index is 10.8. The first-order chi connectivity index (χ1) is 7.72. The van der Waals surface area contributed by atoms with Gasteiger partial charge in [-0.05, 0) is 31.6 Å². The van der Waals surface area contributed by atoms with E-state index in [-0.39, 0.29) is 12.1 Å². The van der Waals surface area contributed by atoms with E-state index in [1.165, 1.54) is 7.11 Å². The molecule has 0 saturated heterocycles. The van der Waals surface area contributed by atoms with E-state index in [1.54, 1.807) is 0 Å². The quantitative estimate of drug-likeness (QED) is 0.427. The van der Waals surface area contributed by atoms with Gasteiger partial charge in [0, 0.05) is 6.42 Å². The molecule has 1 N–H and O–H groups in total. The van der Waals surface area contributed by atoms with Crippen molar-refractivity contribution in [2.45, 2.75) is 38.2 Å². The molecule has 0 heterocycles. The van der Waals surface area contributed by atoms with Crippen LogP contribution in [-0.2, 0) is 9.53 Å². The van der Waals surface area contributed by atoms with Gasteiger partial charge in [-0.1, -0.05) is 24.3 Å². The Bertz CT molecular complexity index is 268. The van der Waals surface area contributed by atoms with Crippen molar-refractivity contribution in [3.8, 4) is 0 Å². The number of hydrogen-bond acceptors (Lipinski definition) is 3. The van der Waals surface area contributed by atoms with Crippen LogP contribution in [0.3, 0.4) is 0 Å². The molecule has 0 saturated carbocycles. The fourth-order valence-corrected chi connectivity index (χ4v) is 1.78. The minimum absolute atomic E-state index is 0.143. The summed E-state index contributed by atoms with van der Waals surface area (Å²) >= 11 is 0. The van der Waals surface area contributed by atoms with Gasteiger partial charge < -0.3 is 9.84 Å². The van der Waals surface area contributed by atoms with Gasteiger partial charge in [-0.2, -0.15) is 0 Å². The number of methoxy groups -OCH3 is 1. The Morgan fingerprint density at radius 2 is 2.31 bits per heavy atom. The van der Waals surface area contributed by atoms with Crippen LogP contribution in [0.5, 0.6) is 0 Å². The van der Waals surface area contributed by atoms with Gasteiger partial charge in [0.25, 0.3) is 0 Å². The third-order valence-corrected chi connectivity index (χ3v) is 2.73. The SMILES string of the molecule is COC(=O)CCC/C=C\C[C@H]1C=C[C@@H](O)C1. The Balaban J connectivity index is 2.01. The van der Waals surface area contributed by atoms with Crippen LogP contribution in [0.4, 0.5) is 0 Å². The standard InChI is InChI=1S/C13H20O3/c1-16-13(15)7-5-3-2-4-6-11-8-9-12(14)10-11/h2,4,8-9,11-12,14H,3,5-7,10H2,1H3/b4-2-/t11-,12+/m0/s1. The summed E-state index contributed by atoms with van der Waals surface area (Å²) in [5, 5.41) is 9.27. The lowest BCUT2D eigenvalue weighted by Crippen LogP contribution is -2.00. The molecule has 1 rings (SSSR count). The van der Waals surface area contributed by atoms with Gasteiger partial charge in [0.2, 0.25) is 0 Å². The van der Waals surface area contributed by atoms with Crippen molar-refractivity contribution in [1.29, 1.82) is 0 Å². The molecule has 0 radical (unpaired) electrons. The highest BCUT2D eigenvalue weighted by molar-refractivity contribution is 5.68. The summed E-state index contributed by atoms with van der Waals surface area (Å²) in [5.74, 6) is 0.335. The van der Waals surface area contributed by atoms with Crippen LogP contribution >= 0.6 is 0 Å². The molecule has 0 amide bonds. The summed E-state index contributed by atoms with van der Waals surface area (Å²) in [7, 11) is 1.41. The summed E-state index contributed by atoms with van der Waals surface area (Å²) in [6, 6.07) is 0. The number of hydrogen-bond donors (Lipinski definition) is 1. The minimum atomic E-state index is -0.252. The Morgan fingerprint density at radius 3 is 2.94 bits per heavy atom. The van der Waals surface area contributed by atoms with Gasteiger partial charge in [0.05, 0.1) is 13.2 Å². The molecule has 90 valence electrons. The molecule has 2 atom stereocenters. The van der Waals surface area contributed by atoms with Crippen LogP contribution < -0.4 is 0 Å². The van der Waals surface area contributed by atoms with Crippen molar-refractivity contribution in [1.82, 2.24) is 0 Å². The summed E-state index contributed by atoms with van der Waals surface area (Å²) in [6.07, 6.45) is 12.0. The van der Waals surface area contributed by atoms with Crippen molar-refractivity contribution in [3.63, 3.8) is 0 Å². The van der Waals surface area contributed by atoms with E-state index >= 15 is 0 Å². The number of carbonyl (C=O) groups excluding carboxylic acids is 1. The number of carbonyl (C=O) groups is 1. The topological polar surface area (TPSA) is 46.5 Å². The van der Waals surface area contributed by atoms with E-state index in [0.29, 0.717) is 12.3 Å². The summed E-state index contributed by atoms with van der Waals surface area (Å²) in [6.45, 7) is 0. The third-order valence-electron chi connectivity index (χ3n) is 2.73. The molecule has 0 fully saturated rings. The maximum atomic E-state index is 10.8. The Morgan fingerprint density at radius 1 is 1.50 bits per heavy atom.